The van der Waals surface area contributed by atoms with Crippen LogP contribution in [0.15, 0.2) is 0 Å². The fourth-order valence-electron chi connectivity index (χ4n) is 1.44. The van der Waals surface area contributed by atoms with E-state index < -0.39 is 0 Å². The molecule has 13 heavy (non-hydrogen) atoms. The molecule has 0 radical (unpaired) electrons. The lowest BCUT2D eigenvalue weighted by Gasteiger charge is -2.35. The van der Waals surface area contributed by atoms with E-state index in [1.807, 2.05) is 0 Å². The van der Waals surface area contributed by atoms with Crippen molar-refractivity contribution in [2.45, 2.75) is 49.5 Å². The third-order valence-corrected chi connectivity index (χ3v) is 6.31. The number of rotatable bonds is 2. The fraction of sp³-hybridized carbons (Fsp3) is 1.00. The van der Waals surface area contributed by atoms with E-state index >= 15 is 0 Å². The maximum Gasteiger partial charge on any atom is 0.0295 e. The molecule has 1 fully saturated rings. The van der Waals surface area contributed by atoms with E-state index in [2.05, 4.69) is 51.2 Å². The zero-order chi connectivity index (χ0) is 10.0. The van der Waals surface area contributed by atoms with E-state index in [1.54, 1.807) is 0 Å². The molecule has 0 aromatic carbocycles. The van der Waals surface area contributed by atoms with Crippen LogP contribution in [0.2, 0.25) is 0 Å². The molecule has 0 aromatic rings. The molecular weight excluding hydrogens is 198 g/mol. The van der Waals surface area contributed by atoms with Crippen LogP contribution in [-0.2, 0) is 0 Å². The summed E-state index contributed by atoms with van der Waals surface area (Å²) in [6.07, 6.45) is 0. The van der Waals surface area contributed by atoms with Crippen LogP contribution >= 0.6 is 23.5 Å². The lowest BCUT2D eigenvalue weighted by molar-refractivity contribution is 0.490. The van der Waals surface area contributed by atoms with Gasteiger partial charge in [0.2, 0.25) is 0 Å². The summed E-state index contributed by atoms with van der Waals surface area (Å²) in [6.45, 7) is 9.08. The van der Waals surface area contributed by atoms with Crippen LogP contribution in [-0.4, -0.2) is 27.5 Å². The fourth-order valence-corrected chi connectivity index (χ4v) is 4.67. The number of hydrogen-bond acceptors (Lipinski definition) is 3. The normalized spacial score (nSPS) is 37.8. The van der Waals surface area contributed by atoms with Gasteiger partial charge in [-0.2, -0.15) is 23.5 Å². The number of nitrogens with two attached hydrogens (primary N) is 1. The Morgan fingerprint density at radius 3 is 2.31 bits per heavy atom. The molecule has 3 heteroatoms. The highest BCUT2D eigenvalue weighted by atomic mass is 32.2. The summed E-state index contributed by atoms with van der Waals surface area (Å²) >= 11 is 4.16. The predicted molar refractivity (Wildman–Crippen MR) is 65.6 cm³/mol. The highest BCUT2D eigenvalue weighted by molar-refractivity contribution is 8.07. The second-order valence-electron chi connectivity index (χ2n) is 4.24. The van der Waals surface area contributed by atoms with Gasteiger partial charge in [0, 0.05) is 27.5 Å². The number of hydrogen-bond donors (Lipinski definition) is 1. The molecule has 0 spiro atoms. The monoisotopic (exact) mass is 219 g/mol. The van der Waals surface area contributed by atoms with E-state index in [0.717, 1.165) is 10.5 Å². The molecule has 0 aromatic heterocycles. The molecule has 0 amide bonds. The van der Waals surface area contributed by atoms with Crippen molar-refractivity contribution in [1.29, 1.82) is 0 Å². The maximum atomic E-state index is 6.16. The quantitative estimate of drug-likeness (QED) is 0.773. The highest BCUT2D eigenvalue weighted by Gasteiger charge is 2.30. The summed E-state index contributed by atoms with van der Waals surface area (Å²) < 4.78 is 0. The van der Waals surface area contributed by atoms with Crippen molar-refractivity contribution >= 4 is 23.5 Å². The van der Waals surface area contributed by atoms with E-state index in [9.17, 15) is 0 Å². The third-order valence-electron chi connectivity index (χ3n) is 2.77. The SMILES string of the molecule is CC(C)C(N)C1CSC(C)C(C)S1. The van der Waals surface area contributed by atoms with Crippen LogP contribution in [0.3, 0.4) is 0 Å². The molecule has 1 saturated heterocycles. The van der Waals surface area contributed by atoms with Gasteiger partial charge < -0.3 is 5.73 Å². The molecule has 78 valence electrons. The minimum atomic E-state index is 0.368. The summed E-state index contributed by atoms with van der Waals surface area (Å²) in [6, 6.07) is 0.368. The smallest absolute Gasteiger partial charge is 0.0295 e. The van der Waals surface area contributed by atoms with Gasteiger partial charge in [-0.3, -0.25) is 0 Å². The Hall–Kier alpha value is 0.660. The topological polar surface area (TPSA) is 26.0 Å². The zero-order valence-electron chi connectivity index (χ0n) is 8.99. The molecule has 1 heterocycles. The van der Waals surface area contributed by atoms with Crippen LogP contribution in [0.4, 0.5) is 0 Å². The van der Waals surface area contributed by atoms with Gasteiger partial charge in [-0.15, -0.1) is 0 Å². The van der Waals surface area contributed by atoms with Crippen molar-refractivity contribution < 1.29 is 0 Å². The van der Waals surface area contributed by atoms with Gasteiger partial charge >= 0.3 is 0 Å². The summed E-state index contributed by atoms with van der Waals surface area (Å²) in [5.74, 6) is 1.84. The summed E-state index contributed by atoms with van der Waals surface area (Å²) in [7, 11) is 0. The van der Waals surface area contributed by atoms with Gasteiger partial charge in [-0.05, 0) is 5.92 Å². The van der Waals surface area contributed by atoms with Crippen molar-refractivity contribution in [3.05, 3.63) is 0 Å². The van der Waals surface area contributed by atoms with Crippen molar-refractivity contribution in [2.75, 3.05) is 5.75 Å². The Labute approximate surface area is 90.6 Å². The summed E-state index contributed by atoms with van der Waals surface area (Å²) in [4.78, 5) is 0. The lowest BCUT2D eigenvalue weighted by Crippen LogP contribution is -2.42. The Balaban J connectivity index is 2.45. The van der Waals surface area contributed by atoms with Crippen molar-refractivity contribution in [3.8, 4) is 0 Å². The average molecular weight is 219 g/mol. The first kappa shape index (κ1) is 11.7. The second-order valence-corrected chi connectivity index (χ2v) is 7.27. The zero-order valence-corrected chi connectivity index (χ0v) is 10.6. The maximum absolute atomic E-state index is 6.16. The van der Waals surface area contributed by atoms with E-state index in [1.165, 1.54) is 5.75 Å². The molecular formula is C10H21NS2. The molecule has 0 saturated carbocycles. The largest absolute Gasteiger partial charge is 0.326 e. The van der Waals surface area contributed by atoms with Gasteiger partial charge in [-0.25, -0.2) is 0 Å². The molecule has 4 unspecified atom stereocenters. The average Bonchev–Trinajstić information content (AvgIpc) is 2.08. The molecule has 4 atom stereocenters. The number of thioether (sulfide) groups is 2. The molecule has 1 aliphatic heterocycles. The van der Waals surface area contributed by atoms with Crippen LogP contribution in [0.5, 0.6) is 0 Å². The third kappa shape index (κ3) is 3.07. The van der Waals surface area contributed by atoms with E-state index in [4.69, 9.17) is 5.73 Å². The van der Waals surface area contributed by atoms with Crippen LogP contribution < -0.4 is 5.73 Å². The lowest BCUT2D eigenvalue weighted by atomic mass is 10.0. The van der Waals surface area contributed by atoms with Crippen LogP contribution in [0.25, 0.3) is 0 Å². The molecule has 0 aliphatic carbocycles. The minimum absolute atomic E-state index is 0.368. The van der Waals surface area contributed by atoms with E-state index in [-0.39, 0.29) is 0 Å². The van der Waals surface area contributed by atoms with Gasteiger partial charge in [-0.1, -0.05) is 27.7 Å². The first-order valence-corrected chi connectivity index (χ1v) is 7.04. The molecule has 1 nitrogen and oxygen atoms in total. The molecule has 1 rings (SSSR count). The van der Waals surface area contributed by atoms with Crippen molar-refractivity contribution in [1.82, 2.24) is 0 Å². The Morgan fingerprint density at radius 2 is 1.85 bits per heavy atom. The van der Waals surface area contributed by atoms with Gasteiger partial charge in [0.1, 0.15) is 0 Å². The minimum Gasteiger partial charge on any atom is -0.326 e. The van der Waals surface area contributed by atoms with Crippen molar-refractivity contribution in [3.63, 3.8) is 0 Å². The van der Waals surface area contributed by atoms with Crippen molar-refractivity contribution in [2.24, 2.45) is 11.7 Å². The van der Waals surface area contributed by atoms with E-state index in [0.29, 0.717) is 17.2 Å². The Morgan fingerprint density at radius 1 is 1.23 bits per heavy atom. The summed E-state index contributed by atoms with van der Waals surface area (Å²) in [5, 5.41) is 2.21. The van der Waals surface area contributed by atoms with Crippen LogP contribution in [0.1, 0.15) is 27.7 Å². The summed E-state index contributed by atoms with van der Waals surface area (Å²) in [5.41, 5.74) is 6.16. The Bertz CT molecular complexity index is 161. The van der Waals surface area contributed by atoms with Gasteiger partial charge in [0.05, 0.1) is 0 Å². The molecule has 1 aliphatic rings. The van der Waals surface area contributed by atoms with Crippen LogP contribution in [0, 0.1) is 5.92 Å². The first-order chi connectivity index (χ1) is 6.02. The molecule has 0 bridgehead atoms. The van der Waals surface area contributed by atoms with Gasteiger partial charge in [0.25, 0.3) is 0 Å². The predicted octanol–water partition coefficient (Wildman–Crippen LogP) is 2.60. The Kier molecular flexibility index (Phi) is 4.46. The molecule has 2 N–H and O–H groups in total. The highest BCUT2D eigenvalue weighted by Crippen LogP contribution is 2.37. The second kappa shape index (κ2) is 4.94. The standard InChI is InChI=1S/C10H21NS2/c1-6(2)10(11)9-5-12-7(3)8(4)13-9/h6-10H,5,11H2,1-4H3. The van der Waals surface area contributed by atoms with Gasteiger partial charge in [0.15, 0.2) is 0 Å². The first-order valence-electron chi connectivity index (χ1n) is 5.05.